The number of nitrogens with one attached hydrogen (secondary N) is 1. The van der Waals surface area contributed by atoms with Gasteiger partial charge in [0.1, 0.15) is 12.1 Å². The predicted molar refractivity (Wildman–Crippen MR) is 130 cm³/mol. The minimum atomic E-state index is -0.598. The second kappa shape index (κ2) is 9.49. The highest BCUT2D eigenvalue weighted by molar-refractivity contribution is 5.97. The Labute approximate surface area is 197 Å². The summed E-state index contributed by atoms with van der Waals surface area (Å²) in [6.45, 7) is 9.21. The van der Waals surface area contributed by atoms with Crippen LogP contribution in [0, 0.1) is 5.92 Å². The molecule has 2 fully saturated rings. The lowest BCUT2D eigenvalue weighted by molar-refractivity contribution is -0.118. The normalized spacial score (nSPS) is 23.8. The fourth-order valence-electron chi connectivity index (χ4n) is 5.41. The van der Waals surface area contributed by atoms with Crippen LogP contribution in [0.2, 0.25) is 0 Å². The number of carbonyl (C=O) groups is 2. The van der Waals surface area contributed by atoms with E-state index in [4.69, 9.17) is 9.47 Å². The summed E-state index contributed by atoms with van der Waals surface area (Å²) in [5.74, 6) is 0.595. The van der Waals surface area contributed by atoms with E-state index in [1.54, 1.807) is 0 Å². The lowest BCUT2D eigenvalue weighted by atomic mass is 9.76. The predicted octanol–water partition coefficient (Wildman–Crippen LogP) is 5.20. The Morgan fingerprint density at radius 3 is 2.52 bits per heavy atom. The molecule has 180 valence electrons. The van der Waals surface area contributed by atoms with Crippen molar-refractivity contribution in [3.05, 3.63) is 35.4 Å². The van der Waals surface area contributed by atoms with E-state index in [0.29, 0.717) is 5.92 Å². The second-order valence-electron chi connectivity index (χ2n) is 10.9. The number of hydrogen-bond donors (Lipinski definition) is 1. The zero-order chi connectivity index (χ0) is 23.6. The number of carbonyl (C=O) groups excluding carboxylic acids is 2. The van der Waals surface area contributed by atoms with Gasteiger partial charge in [0.15, 0.2) is 0 Å². The number of allylic oxidation sites excluding steroid dienone is 1. The van der Waals surface area contributed by atoms with Crippen molar-refractivity contribution in [2.75, 3.05) is 24.7 Å². The molecule has 0 atom stereocenters. The lowest BCUT2D eigenvalue weighted by Gasteiger charge is -2.37. The summed E-state index contributed by atoms with van der Waals surface area (Å²) < 4.78 is 10.9. The summed E-state index contributed by atoms with van der Waals surface area (Å²) in [6, 6.07) is 6.59. The SMILES string of the molecule is CC1CCC(N(C(=O)CNC(=O)OC(C)(C)C)c2ccc3c(c2)C=CC32CCOCC2)CC1. The summed E-state index contributed by atoms with van der Waals surface area (Å²) in [5.41, 5.74) is 2.92. The van der Waals surface area contributed by atoms with E-state index >= 15 is 0 Å². The van der Waals surface area contributed by atoms with E-state index < -0.39 is 11.7 Å². The van der Waals surface area contributed by atoms with Crippen molar-refractivity contribution >= 4 is 23.8 Å². The lowest BCUT2D eigenvalue weighted by Crippen LogP contribution is -2.47. The summed E-state index contributed by atoms with van der Waals surface area (Å²) >= 11 is 0. The van der Waals surface area contributed by atoms with Gasteiger partial charge in [0.2, 0.25) is 5.91 Å². The van der Waals surface area contributed by atoms with E-state index in [0.717, 1.165) is 57.4 Å². The summed E-state index contributed by atoms with van der Waals surface area (Å²) in [7, 11) is 0. The molecule has 0 unspecified atom stereocenters. The number of hydrogen-bond acceptors (Lipinski definition) is 4. The average molecular weight is 455 g/mol. The molecule has 1 saturated carbocycles. The number of alkyl carbamates (subject to hydrolysis) is 1. The van der Waals surface area contributed by atoms with E-state index in [9.17, 15) is 9.59 Å². The molecule has 0 radical (unpaired) electrons. The van der Waals surface area contributed by atoms with Crippen LogP contribution in [-0.4, -0.2) is 43.4 Å². The quantitative estimate of drug-likeness (QED) is 0.679. The van der Waals surface area contributed by atoms with Crippen LogP contribution in [0.15, 0.2) is 24.3 Å². The number of rotatable bonds is 4. The van der Waals surface area contributed by atoms with E-state index in [1.807, 2.05) is 25.7 Å². The van der Waals surface area contributed by atoms with E-state index in [1.165, 1.54) is 11.1 Å². The van der Waals surface area contributed by atoms with Crippen molar-refractivity contribution in [1.29, 1.82) is 0 Å². The monoisotopic (exact) mass is 454 g/mol. The first kappa shape index (κ1) is 23.8. The third kappa shape index (κ3) is 5.43. The maximum absolute atomic E-state index is 13.4. The molecule has 3 aliphatic rings. The van der Waals surface area contributed by atoms with Crippen molar-refractivity contribution < 1.29 is 19.1 Å². The molecule has 2 aliphatic carbocycles. The molecule has 1 aromatic carbocycles. The molecule has 1 aliphatic heterocycles. The number of benzene rings is 1. The van der Waals surface area contributed by atoms with Gasteiger partial charge in [0.25, 0.3) is 0 Å². The molecular formula is C27H38N2O4. The van der Waals surface area contributed by atoms with Crippen molar-refractivity contribution in [3.8, 4) is 0 Å². The van der Waals surface area contributed by atoms with Crippen LogP contribution in [0.3, 0.4) is 0 Å². The van der Waals surface area contributed by atoms with Gasteiger partial charge in [-0.05, 0) is 88.5 Å². The fourth-order valence-corrected chi connectivity index (χ4v) is 5.41. The minimum absolute atomic E-state index is 0.0689. The maximum Gasteiger partial charge on any atom is 0.408 e. The first-order valence-corrected chi connectivity index (χ1v) is 12.4. The van der Waals surface area contributed by atoms with E-state index in [2.05, 4.69) is 42.6 Å². The highest BCUT2D eigenvalue weighted by Gasteiger charge is 2.37. The Morgan fingerprint density at radius 1 is 1.15 bits per heavy atom. The summed E-state index contributed by atoms with van der Waals surface area (Å²) in [6.07, 6.45) is 10.1. The van der Waals surface area contributed by atoms with Gasteiger partial charge in [0.05, 0.1) is 0 Å². The molecule has 0 bridgehead atoms. The second-order valence-corrected chi connectivity index (χ2v) is 10.9. The van der Waals surface area contributed by atoms with Crippen molar-refractivity contribution in [2.45, 2.75) is 83.3 Å². The molecule has 1 aromatic rings. The Bertz CT molecular complexity index is 903. The minimum Gasteiger partial charge on any atom is -0.444 e. The Balaban J connectivity index is 1.55. The molecule has 6 heteroatoms. The molecule has 1 spiro atoms. The van der Waals surface area contributed by atoms with Gasteiger partial charge in [-0.3, -0.25) is 4.79 Å². The van der Waals surface area contributed by atoms with Crippen LogP contribution in [0.25, 0.3) is 6.08 Å². The van der Waals surface area contributed by atoms with Gasteiger partial charge in [-0.15, -0.1) is 0 Å². The zero-order valence-corrected chi connectivity index (χ0v) is 20.5. The Hall–Kier alpha value is -2.34. The first-order chi connectivity index (χ1) is 15.7. The summed E-state index contributed by atoms with van der Waals surface area (Å²) in [4.78, 5) is 27.5. The number of amides is 2. The molecule has 1 N–H and O–H groups in total. The molecule has 33 heavy (non-hydrogen) atoms. The van der Waals surface area contributed by atoms with Crippen LogP contribution in [-0.2, 0) is 19.7 Å². The molecule has 0 aromatic heterocycles. The third-order valence-electron chi connectivity index (χ3n) is 7.22. The zero-order valence-electron chi connectivity index (χ0n) is 20.5. The van der Waals surface area contributed by atoms with Gasteiger partial charge >= 0.3 is 6.09 Å². The van der Waals surface area contributed by atoms with Crippen molar-refractivity contribution in [3.63, 3.8) is 0 Å². The van der Waals surface area contributed by atoms with Gasteiger partial charge in [-0.2, -0.15) is 0 Å². The third-order valence-corrected chi connectivity index (χ3v) is 7.22. The van der Waals surface area contributed by atoms with Crippen LogP contribution in [0.1, 0.15) is 77.3 Å². The van der Waals surface area contributed by atoms with Gasteiger partial charge in [-0.1, -0.05) is 25.1 Å². The van der Waals surface area contributed by atoms with Gasteiger partial charge < -0.3 is 19.7 Å². The highest BCUT2D eigenvalue weighted by Crippen LogP contribution is 2.44. The van der Waals surface area contributed by atoms with Crippen LogP contribution >= 0.6 is 0 Å². The summed E-state index contributed by atoms with van der Waals surface area (Å²) in [5, 5.41) is 2.66. The molecular weight excluding hydrogens is 416 g/mol. The maximum atomic E-state index is 13.4. The number of fused-ring (bicyclic) bond motifs is 2. The van der Waals surface area contributed by atoms with Crippen molar-refractivity contribution in [1.82, 2.24) is 5.32 Å². The number of nitrogens with zero attached hydrogens (tertiary/aromatic N) is 1. The van der Waals surface area contributed by atoms with Crippen LogP contribution in [0.4, 0.5) is 10.5 Å². The molecule has 2 amide bonds. The number of ether oxygens (including phenoxy) is 2. The molecule has 6 nitrogen and oxygen atoms in total. The van der Waals surface area contributed by atoms with Gasteiger partial charge in [0, 0.05) is 30.4 Å². The average Bonchev–Trinajstić information content (AvgIpc) is 3.10. The molecule has 4 rings (SSSR count). The topological polar surface area (TPSA) is 67.9 Å². The van der Waals surface area contributed by atoms with E-state index in [-0.39, 0.29) is 23.9 Å². The molecule has 1 saturated heterocycles. The van der Waals surface area contributed by atoms with Crippen LogP contribution in [0.5, 0.6) is 0 Å². The standard InChI is InChI=1S/C27H38N2O4/c1-19-5-7-21(8-6-19)29(24(30)18-28-25(31)33-26(2,3)4)22-9-10-23-20(17-22)11-12-27(23)13-15-32-16-14-27/h9-12,17,19,21H,5-8,13-16,18H2,1-4H3,(H,28,31). The largest absolute Gasteiger partial charge is 0.444 e. The van der Waals surface area contributed by atoms with Crippen LogP contribution < -0.4 is 10.2 Å². The van der Waals surface area contributed by atoms with Crippen molar-refractivity contribution in [2.24, 2.45) is 5.92 Å². The Morgan fingerprint density at radius 2 is 1.85 bits per heavy atom. The highest BCUT2D eigenvalue weighted by atomic mass is 16.6. The smallest absolute Gasteiger partial charge is 0.408 e. The molecule has 1 heterocycles. The first-order valence-electron chi connectivity index (χ1n) is 12.4. The Kier molecular flexibility index (Phi) is 6.85. The fraction of sp³-hybridized carbons (Fsp3) is 0.630. The van der Waals surface area contributed by atoms with Gasteiger partial charge in [-0.25, -0.2) is 4.79 Å². The number of anilines is 1.